The van der Waals surface area contributed by atoms with Crippen LogP contribution in [0.2, 0.25) is 0 Å². The highest BCUT2D eigenvalue weighted by atomic mass is 32.2. The van der Waals surface area contributed by atoms with E-state index in [1.165, 1.54) is 11.3 Å². The van der Waals surface area contributed by atoms with Crippen molar-refractivity contribution in [2.45, 2.75) is 37.3 Å². The summed E-state index contributed by atoms with van der Waals surface area (Å²) < 4.78 is 33.1. The Morgan fingerprint density at radius 2 is 1.91 bits per heavy atom. The molecule has 1 aromatic heterocycles. The largest absolute Gasteiger partial charge is 0.492 e. The van der Waals surface area contributed by atoms with Crippen LogP contribution in [0.3, 0.4) is 0 Å². The van der Waals surface area contributed by atoms with Gasteiger partial charge < -0.3 is 4.74 Å². The summed E-state index contributed by atoms with van der Waals surface area (Å²) in [6.45, 7) is 6.76. The van der Waals surface area contributed by atoms with Crippen LogP contribution in [-0.4, -0.2) is 21.6 Å². The minimum absolute atomic E-state index is 0.244. The molecular formula is C17H23NO3S2. The predicted molar refractivity (Wildman–Crippen MR) is 94.9 cm³/mol. The van der Waals surface area contributed by atoms with E-state index in [0.717, 1.165) is 22.6 Å². The van der Waals surface area contributed by atoms with Crippen molar-refractivity contribution >= 4 is 21.4 Å². The third-order valence-corrected chi connectivity index (χ3v) is 6.63. The van der Waals surface area contributed by atoms with Gasteiger partial charge in [0.25, 0.3) is 0 Å². The van der Waals surface area contributed by atoms with Gasteiger partial charge in [0.15, 0.2) is 0 Å². The molecule has 0 radical (unpaired) electrons. The number of sulfonamides is 1. The first-order chi connectivity index (χ1) is 10.9. The second-order valence-electron chi connectivity index (χ2n) is 5.51. The van der Waals surface area contributed by atoms with Gasteiger partial charge in [-0.25, -0.2) is 13.1 Å². The maximum atomic E-state index is 12.2. The van der Waals surface area contributed by atoms with Crippen molar-refractivity contribution in [1.29, 1.82) is 0 Å². The highest BCUT2D eigenvalue weighted by Crippen LogP contribution is 2.25. The molecule has 1 N–H and O–H groups in total. The molecule has 0 fully saturated rings. The van der Waals surface area contributed by atoms with Crippen LogP contribution in [0.5, 0.6) is 5.75 Å². The van der Waals surface area contributed by atoms with Crippen LogP contribution in [-0.2, 0) is 16.4 Å². The second-order valence-corrected chi connectivity index (χ2v) is 8.68. The topological polar surface area (TPSA) is 55.4 Å². The van der Waals surface area contributed by atoms with E-state index < -0.39 is 10.0 Å². The zero-order chi connectivity index (χ0) is 16.9. The second kappa shape index (κ2) is 7.95. The maximum Gasteiger partial charge on any atom is 0.250 e. The van der Waals surface area contributed by atoms with Gasteiger partial charge in [0.05, 0.1) is 0 Å². The van der Waals surface area contributed by atoms with E-state index in [2.05, 4.69) is 18.6 Å². The third-order valence-electron chi connectivity index (χ3n) is 3.44. The van der Waals surface area contributed by atoms with E-state index in [1.54, 1.807) is 6.07 Å². The number of hydrogen-bond acceptors (Lipinski definition) is 4. The molecule has 0 saturated carbocycles. The molecule has 0 aliphatic carbocycles. The first kappa shape index (κ1) is 18.0. The fourth-order valence-corrected chi connectivity index (χ4v) is 4.54. The number of hydrogen-bond donors (Lipinski definition) is 1. The molecule has 0 amide bonds. The van der Waals surface area contributed by atoms with Crippen LogP contribution in [0.4, 0.5) is 0 Å². The average Bonchev–Trinajstić information content (AvgIpc) is 3.02. The van der Waals surface area contributed by atoms with Gasteiger partial charge >= 0.3 is 0 Å². The molecular weight excluding hydrogens is 330 g/mol. The Kier molecular flexibility index (Phi) is 6.21. The minimum atomic E-state index is -3.44. The first-order valence-corrected chi connectivity index (χ1v) is 10.0. The quantitative estimate of drug-likeness (QED) is 0.735. The van der Waals surface area contributed by atoms with Crippen LogP contribution < -0.4 is 9.46 Å². The van der Waals surface area contributed by atoms with Crippen LogP contribution in [0.1, 0.15) is 37.1 Å². The highest BCUT2D eigenvalue weighted by Gasteiger charge is 2.16. The summed E-state index contributed by atoms with van der Waals surface area (Å²) in [5, 5.41) is 0. The van der Waals surface area contributed by atoms with Crippen LogP contribution in [0.25, 0.3) is 0 Å². The molecule has 6 heteroatoms. The molecule has 0 bridgehead atoms. The molecule has 0 unspecified atom stereocenters. The van der Waals surface area contributed by atoms with Gasteiger partial charge in [0.2, 0.25) is 10.0 Å². The molecule has 4 nitrogen and oxygen atoms in total. The minimum Gasteiger partial charge on any atom is -0.492 e. The van der Waals surface area contributed by atoms with E-state index in [-0.39, 0.29) is 6.54 Å². The molecule has 0 aliphatic rings. The number of thiophene rings is 1. The lowest BCUT2D eigenvalue weighted by molar-refractivity contribution is 0.318. The Hall–Kier alpha value is -1.37. The van der Waals surface area contributed by atoms with Gasteiger partial charge in [-0.05, 0) is 36.1 Å². The molecule has 1 aromatic carbocycles. The van der Waals surface area contributed by atoms with Crippen molar-refractivity contribution in [3.8, 4) is 5.75 Å². The van der Waals surface area contributed by atoms with Gasteiger partial charge in [-0.1, -0.05) is 39.0 Å². The van der Waals surface area contributed by atoms with E-state index in [9.17, 15) is 8.42 Å². The lowest BCUT2D eigenvalue weighted by Gasteiger charge is -2.14. The van der Waals surface area contributed by atoms with Crippen molar-refractivity contribution in [2.75, 3.05) is 13.2 Å². The van der Waals surface area contributed by atoms with Crippen molar-refractivity contribution in [2.24, 2.45) is 0 Å². The Balaban J connectivity index is 1.90. The highest BCUT2D eigenvalue weighted by molar-refractivity contribution is 7.91. The molecule has 0 saturated heterocycles. The molecule has 2 rings (SSSR count). The Morgan fingerprint density at radius 1 is 1.17 bits per heavy atom. The summed E-state index contributed by atoms with van der Waals surface area (Å²) in [4.78, 5) is 1.06. The SMILES string of the molecule is CCc1ccc(S(=O)(=O)NCCOc2ccccc2C(C)C)s1. The van der Waals surface area contributed by atoms with Crippen molar-refractivity contribution in [1.82, 2.24) is 4.72 Å². The van der Waals surface area contributed by atoms with E-state index in [1.807, 2.05) is 37.3 Å². The van der Waals surface area contributed by atoms with Gasteiger partial charge in [0, 0.05) is 11.4 Å². The van der Waals surface area contributed by atoms with Gasteiger partial charge in [0.1, 0.15) is 16.6 Å². The lowest BCUT2D eigenvalue weighted by atomic mass is 10.0. The van der Waals surface area contributed by atoms with Crippen molar-refractivity contribution < 1.29 is 13.2 Å². The number of nitrogens with one attached hydrogen (secondary N) is 1. The van der Waals surface area contributed by atoms with E-state index in [4.69, 9.17) is 4.74 Å². The smallest absolute Gasteiger partial charge is 0.250 e. The van der Waals surface area contributed by atoms with Gasteiger partial charge in [-0.2, -0.15) is 0 Å². The van der Waals surface area contributed by atoms with Gasteiger partial charge in [-0.15, -0.1) is 11.3 Å². The zero-order valence-corrected chi connectivity index (χ0v) is 15.3. The summed E-state index contributed by atoms with van der Waals surface area (Å²) in [6, 6.07) is 11.4. The number of para-hydroxylation sites is 1. The summed E-state index contributed by atoms with van der Waals surface area (Å²) in [5.41, 5.74) is 1.13. The Labute approximate surface area is 142 Å². The van der Waals surface area contributed by atoms with Crippen LogP contribution in [0, 0.1) is 0 Å². The fraction of sp³-hybridized carbons (Fsp3) is 0.412. The number of rotatable bonds is 8. The summed E-state index contributed by atoms with van der Waals surface area (Å²) >= 11 is 1.31. The van der Waals surface area contributed by atoms with Crippen LogP contribution in [0.15, 0.2) is 40.6 Å². The summed E-state index contributed by atoms with van der Waals surface area (Å²) in [5.74, 6) is 1.17. The summed E-state index contributed by atoms with van der Waals surface area (Å²) in [6.07, 6.45) is 0.843. The van der Waals surface area contributed by atoms with E-state index in [0.29, 0.717) is 16.7 Å². The van der Waals surface area contributed by atoms with E-state index >= 15 is 0 Å². The molecule has 0 atom stereocenters. The maximum absolute atomic E-state index is 12.2. The van der Waals surface area contributed by atoms with Crippen molar-refractivity contribution in [3.05, 3.63) is 46.8 Å². The standard InChI is InChI=1S/C17H23NO3S2/c1-4-14-9-10-17(22-14)23(19,20)18-11-12-21-16-8-6-5-7-15(16)13(2)3/h5-10,13,18H,4,11-12H2,1-3H3. The normalized spacial score (nSPS) is 11.8. The average molecular weight is 354 g/mol. The molecule has 126 valence electrons. The zero-order valence-electron chi connectivity index (χ0n) is 13.7. The molecule has 0 spiro atoms. The monoisotopic (exact) mass is 353 g/mol. The predicted octanol–water partition coefficient (Wildman–Crippen LogP) is 3.79. The lowest BCUT2D eigenvalue weighted by Crippen LogP contribution is -2.27. The Morgan fingerprint density at radius 3 is 2.57 bits per heavy atom. The fourth-order valence-electron chi connectivity index (χ4n) is 2.19. The first-order valence-electron chi connectivity index (χ1n) is 7.74. The van der Waals surface area contributed by atoms with Gasteiger partial charge in [-0.3, -0.25) is 0 Å². The molecule has 0 aliphatic heterocycles. The molecule has 23 heavy (non-hydrogen) atoms. The number of ether oxygens (including phenoxy) is 1. The van der Waals surface area contributed by atoms with Crippen molar-refractivity contribution in [3.63, 3.8) is 0 Å². The number of aryl methyl sites for hydroxylation is 1. The number of benzene rings is 1. The summed E-state index contributed by atoms with van der Waals surface area (Å²) in [7, 11) is -3.44. The third kappa shape index (κ3) is 4.80. The molecule has 1 heterocycles. The van der Waals surface area contributed by atoms with Crippen LogP contribution >= 0.6 is 11.3 Å². The Bertz CT molecular complexity index is 736. The molecule has 2 aromatic rings.